The molecule has 0 atom stereocenters. The third-order valence-electron chi connectivity index (χ3n) is 2.41. The molecule has 24 heavy (non-hydrogen) atoms. The number of hydrogen-bond acceptors (Lipinski definition) is 5. The number of nitrogens with zero attached hydrogens (tertiary/aromatic N) is 1. The highest BCUT2D eigenvalue weighted by Crippen LogP contribution is 2.25. The highest BCUT2D eigenvalue weighted by molar-refractivity contribution is 6.32. The molecule has 0 fully saturated rings. The van der Waals surface area contributed by atoms with E-state index in [9.17, 15) is 32.9 Å². The van der Waals surface area contributed by atoms with Gasteiger partial charge in [-0.25, -0.2) is 4.79 Å². The van der Waals surface area contributed by atoms with Crippen LogP contribution in [0.4, 0.5) is 18.9 Å². The lowest BCUT2D eigenvalue weighted by molar-refractivity contribution is -0.384. The number of ether oxygens (including phenoxy) is 1. The number of nitro groups is 1. The van der Waals surface area contributed by atoms with E-state index in [-0.39, 0.29) is 16.3 Å². The minimum absolute atomic E-state index is 0.0823. The van der Waals surface area contributed by atoms with Gasteiger partial charge in [-0.15, -0.1) is 0 Å². The van der Waals surface area contributed by atoms with Crippen LogP contribution in [0.1, 0.15) is 5.56 Å². The molecule has 0 aromatic heterocycles. The van der Waals surface area contributed by atoms with Crippen molar-refractivity contribution >= 4 is 35.2 Å². The lowest BCUT2D eigenvalue weighted by atomic mass is 10.2. The molecule has 0 spiro atoms. The largest absolute Gasteiger partial charge is 0.452 e. The molecular weight excluding hydrogens is 357 g/mol. The third kappa shape index (κ3) is 7.09. The molecular formula is C13H10ClF3N2O5. The first kappa shape index (κ1) is 19.4. The number of nitrogens with one attached hydrogen (secondary N) is 1. The summed E-state index contributed by atoms with van der Waals surface area (Å²) in [7, 11) is 0. The Balaban J connectivity index is 2.53. The zero-order valence-electron chi connectivity index (χ0n) is 11.8. The topological polar surface area (TPSA) is 98.5 Å². The fraction of sp³-hybridized carbons (Fsp3) is 0.231. The smallest absolute Gasteiger partial charge is 0.405 e. The van der Waals surface area contributed by atoms with E-state index < -0.39 is 36.1 Å². The van der Waals surface area contributed by atoms with Crippen molar-refractivity contribution in [2.45, 2.75) is 6.18 Å². The molecule has 1 N–H and O–H groups in total. The van der Waals surface area contributed by atoms with Gasteiger partial charge in [0.2, 0.25) is 0 Å². The summed E-state index contributed by atoms with van der Waals surface area (Å²) in [4.78, 5) is 32.4. The van der Waals surface area contributed by atoms with Crippen molar-refractivity contribution in [1.82, 2.24) is 5.32 Å². The van der Waals surface area contributed by atoms with Crippen LogP contribution in [0, 0.1) is 10.1 Å². The maximum Gasteiger partial charge on any atom is 0.405 e. The number of rotatable bonds is 6. The molecule has 0 saturated carbocycles. The zero-order valence-corrected chi connectivity index (χ0v) is 12.6. The fourth-order valence-electron chi connectivity index (χ4n) is 1.37. The van der Waals surface area contributed by atoms with Crippen molar-refractivity contribution in [3.8, 4) is 0 Å². The molecule has 11 heteroatoms. The minimum Gasteiger partial charge on any atom is -0.452 e. The van der Waals surface area contributed by atoms with Crippen LogP contribution in [-0.2, 0) is 14.3 Å². The van der Waals surface area contributed by atoms with Gasteiger partial charge in [-0.1, -0.05) is 17.7 Å². The van der Waals surface area contributed by atoms with E-state index in [0.717, 1.165) is 12.1 Å². The number of esters is 1. The Morgan fingerprint density at radius 3 is 2.62 bits per heavy atom. The van der Waals surface area contributed by atoms with Crippen molar-refractivity contribution in [3.63, 3.8) is 0 Å². The molecule has 7 nitrogen and oxygen atoms in total. The second-order valence-electron chi connectivity index (χ2n) is 4.30. The zero-order chi connectivity index (χ0) is 18.3. The lowest BCUT2D eigenvalue weighted by Gasteiger charge is -2.07. The van der Waals surface area contributed by atoms with Crippen molar-refractivity contribution in [2.75, 3.05) is 13.2 Å². The molecule has 1 aromatic rings. The molecule has 1 amide bonds. The number of halogens is 4. The summed E-state index contributed by atoms with van der Waals surface area (Å²) in [6.45, 7) is -2.42. The number of alkyl halides is 3. The standard InChI is InChI=1S/C13H10ClF3N2O5/c14-9-3-1-8(5-10(9)19(22)23)2-4-12(21)24-6-11(20)18-7-13(15,16)17/h1-5H,6-7H2,(H,18,20)/b4-2+. The number of nitro benzene ring substituents is 1. The molecule has 0 unspecified atom stereocenters. The van der Waals surface area contributed by atoms with Crippen molar-refractivity contribution < 1.29 is 32.4 Å². The van der Waals surface area contributed by atoms with Gasteiger partial charge in [0.05, 0.1) is 4.92 Å². The molecule has 0 bridgehead atoms. The summed E-state index contributed by atoms with van der Waals surface area (Å²) in [5.41, 5.74) is -0.0942. The molecule has 0 aliphatic rings. The summed E-state index contributed by atoms with van der Waals surface area (Å²) in [5, 5.41) is 12.1. The van der Waals surface area contributed by atoms with Crippen LogP contribution in [0.3, 0.4) is 0 Å². The van der Waals surface area contributed by atoms with Crippen molar-refractivity contribution in [2.24, 2.45) is 0 Å². The van der Waals surface area contributed by atoms with E-state index in [1.807, 2.05) is 0 Å². The number of carbonyl (C=O) groups is 2. The highest BCUT2D eigenvalue weighted by Gasteiger charge is 2.27. The first-order valence-electron chi connectivity index (χ1n) is 6.21. The summed E-state index contributed by atoms with van der Waals surface area (Å²) in [5.74, 6) is -2.12. The third-order valence-corrected chi connectivity index (χ3v) is 2.73. The van der Waals surface area contributed by atoms with Crippen LogP contribution >= 0.6 is 11.6 Å². The quantitative estimate of drug-likeness (QED) is 0.361. The van der Waals surface area contributed by atoms with E-state index in [1.165, 1.54) is 23.5 Å². The second-order valence-corrected chi connectivity index (χ2v) is 4.71. The van der Waals surface area contributed by atoms with Crippen LogP contribution in [0.25, 0.3) is 6.08 Å². The Bertz CT molecular complexity index is 676. The summed E-state index contributed by atoms with van der Waals surface area (Å²) in [6, 6.07) is 3.77. The Morgan fingerprint density at radius 2 is 2.04 bits per heavy atom. The average Bonchev–Trinajstić information content (AvgIpc) is 2.49. The SMILES string of the molecule is O=C(COC(=O)/C=C/c1ccc(Cl)c([N+](=O)[O-])c1)NCC(F)(F)F. The van der Waals surface area contributed by atoms with Gasteiger partial charge in [-0.2, -0.15) is 13.2 Å². The van der Waals surface area contributed by atoms with Crippen LogP contribution in [0.5, 0.6) is 0 Å². The van der Waals surface area contributed by atoms with E-state index in [1.54, 1.807) is 0 Å². The Labute approximate surface area is 138 Å². The van der Waals surface area contributed by atoms with Gasteiger partial charge in [0.1, 0.15) is 11.6 Å². The molecule has 0 aliphatic heterocycles. The number of benzene rings is 1. The van der Waals surface area contributed by atoms with Gasteiger partial charge < -0.3 is 10.1 Å². The predicted octanol–water partition coefficient (Wildman–Crippen LogP) is 2.48. The van der Waals surface area contributed by atoms with E-state index >= 15 is 0 Å². The van der Waals surface area contributed by atoms with Crippen molar-refractivity contribution in [3.05, 3.63) is 45.0 Å². The summed E-state index contributed by atoms with van der Waals surface area (Å²) < 4.78 is 40.0. The van der Waals surface area contributed by atoms with Gasteiger partial charge in [-0.05, 0) is 17.7 Å². The lowest BCUT2D eigenvalue weighted by Crippen LogP contribution is -2.36. The highest BCUT2D eigenvalue weighted by atomic mass is 35.5. The molecule has 0 heterocycles. The van der Waals surface area contributed by atoms with Gasteiger partial charge >= 0.3 is 12.1 Å². The molecule has 130 valence electrons. The summed E-state index contributed by atoms with van der Waals surface area (Å²) in [6.07, 6.45) is -2.54. The average molecular weight is 367 g/mol. The maximum absolute atomic E-state index is 11.9. The molecule has 0 radical (unpaired) electrons. The monoisotopic (exact) mass is 366 g/mol. The first-order valence-corrected chi connectivity index (χ1v) is 6.58. The Hall–Kier alpha value is -2.62. The van der Waals surface area contributed by atoms with Crippen molar-refractivity contribution in [1.29, 1.82) is 0 Å². The molecule has 0 saturated heterocycles. The second kappa shape index (κ2) is 8.29. The first-order chi connectivity index (χ1) is 11.1. The number of hydrogen-bond donors (Lipinski definition) is 1. The van der Waals surface area contributed by atoms with Crippen LogP contribution < -0.4 is 5.32 Å². The number of carbonyl (C=O) groups excluding carboxylic acids is 2. The number of amides is 1. The van der Waals surface area contributed by atoms with Crippen LogP contribution in [-0.4, -0.2) is 36.1 Å². The maximum atomic E-state index is 11.9. The predicted molar refractivity (Wildman–Crippen MR) is 77.2 cm³/mol. The Kier molecular flexibility index (Phi) is 6.71. The molecule has 1 aromatic carbocycles. The van der Waals surface area contributed by atoms with Crippen LogP contribution in [0.2, 0.25) is 5.02 Å². The summed E-state index contributed by atoms with van der Waals surface area (Å²) >= 11 is 5.62. The van der Waals surface area contributed by atoms with E-state index in [0.29, 0.717) is 0 Å². The van der Waals surface area contributed by atoms with Gasteiger partial charge in [0.15, 0.2) is 6.61 Å². The van der Waals surface area contributed by atoms with Gasteiger partial charge in [0, 0.05) is 12.1 Å². The van der Waals surface area contributed by atoms with Gasteiger partial charge in [-0.3, -0.25) is 14.9 Å². The molecule has 0 aliphatic carbocycles. The normalized spacial score (nSPS) is 11.3. The van der Waals surface area contributed by atoms with E-state index in [4.69, 9.17) is 11.6 Å². The van der Waals surface area contributed by atoms with E-state index in [2.05, 4.69) is 4.74 Å². The fourth-order valence-corrected chi connectivity index (χ4v) is 1.56. The van der Waals surface area contributed by atoms with Gasteiger partial charge in [0.25, 0.3) is 11.6 Å². The molecule has 1 rings (SSSR count). The van der Waals surface area contributed by atoms with Crippen LogP contribution in [0.15, 0.2) is 24.3 Å². The Morgan fingerprint density at radius 1 is 1.38 bits per heavy atom. The minimum atomic E-state index is -4.57.